The van der Waals surface area contributed by atoms with E-state index in [-0.39, 0.29) is 0 Å². The number of aliphatic imine (C=N–C) groups is 2. The number of aliphatic carboxylic acids is 1. The van der Waals surface area contributed by atoms with E-state index in [4.69, 9.17) is 5.11 Å². The normalized spacial score (nSPS) is 24.0. The van der Waals surface area contributed by atoms with Crippen LogP contribution in [0.5, 0.6) is 0 Å². The molecule has 0 spiro atoms. The number of carbonyl (C=O) groups is 2. The molecule has 5 heteroatoms. The zero-order chi connectivity index (χ0) is 10.1. The highest BCUT2D eigenvalue weighted by Gasteiger charge is 2.28. The number of carboxylic acids is 1. The SMILES string of the molecule is O=C(O)C1=NC(=O)C2C=CC=CC2=N1. The van der Waals surface area contributed by atoms with Crippen LogP contribution in [0.25, 0.3) is 0 Å². The predicted octanol–water partition coefficient (Wildman–Crippen LogP) is 0.193. The van der Waals surface area contributed by atoms with E-state index >= 15 is 0 Å². The third kappa shape index (κ3) is 1.28. The maximum absolute atomic E-state index is 11.3. The quantitative estimate of drug-likeness (QED) is 0.641. The van der Waals surface area contributed by atoms with Gasteiger partial charge in [0, 0.05) is 0 Å². The molecule has 2 rings (SSSR count). The summed E-state index contributed by atoms with van der Waals surface area (Å²) < 4.78 is 0. The van der Waals surface area contributed by atoms with Gasteiger partial charge in [-0.1, -0.05) is 18.2 Å². The van der Waals surface area contributed by atoms with E-state index in [1.54, 1.807) is 24.3 Å². The standard InChI is InChI=1S/C9H6N2O3/c12-8-5-3-1-2-4-6(5)10-7(11-8)9(13)14/h1-5H,(H,13,14). The Labute approximate surface area is 79.2 Å². The molecule has 1 N–H and O–H groups in total. The molecule has 1 amide bonds. The number of carboxylic acid groups (broad SMARTS) is 1. The minimum atomic E-state index is -1.28. The molecule has 0 aromatic rings. The summed E-state index contributed by atoms with van der Waals surface area (Å²) in [5, 5.41) is 8.61. The van der Waals surface area contributed by atoms with Gasteiger partial charge < -0.3 is 5.11 Å². The summed E-state index contributed by atoms with van der Waals surface area (Å²) in [6, 6.07) is 0. The average Bonchev–Trinajstić information content (AvgIpc) is 2.17. The number of allylic oxidation sites excluding steroid dienone is 3. The fourth-order valence-corrected chi connectivity index (χ4v) is 1.26. The topological polar surface area (TPSA) is 79.1 Å². The van der Waals surface area contributed by atoms with Gasteiger partial charge in [0.25, 0.3) is 5.91 Å². The van der Waals surface area contributed by atoms with Crippen LogP contribution in [0.15, 0.2) is 34.3 Å². The lowest BCUT2D eigenvalue weighted by Crippen LogP contribution is -2.29. The largest absolute Gasteiger partial charge is 0.475 e. The molecule has 0 saturated heterocycles. The van der Waals surface area contributed by atoms with Crippen molar-refractivity contribution in [3.8, 4) is 0 Å². The van der Waals surface area contributed by atoms with Gasteiger partial charge in [-0.2, -0.15) is 4.99 Å². The first-order valence-electron chi connectivity index (χ1n) is 3.98. The van der Waals surface area contributed by atoms with Crippen molar-refractivity contribution in [2.45, 2.75) is 0 Å². The van der Waals surface area contributed by atoms with Gasteiger partial charge in [0.1, 0.15) is 5.92 Å². The Morgan fingerprint density at radius 2 is 2.14 bits per heavy atom. The highest BCUT2D eigenvalue weighted by molar-refractivity contribution is 6.41. The molecule has 0 bridgehead atoms. The second-order valence-corrected chi connectivity index (χ2v) is 2.84. The summed E-state index contributed by atoms with van der Waals surface area (Å²) in [5.74, 6) is -2.72. The smallest absolute Gasteiger partial charge is 0.374 e. The zero-order valence-electron chi connectivity index (χ0n) is 7.04. The van der Waals surface area contributed by atoms with E-state index in [2.05, 4.69) is 9.98 Å². The van der Waals surface area contributed by atoms with E-state index in [0.717, 1.165) is 0 Å². The Balaban J connectivity index is 2.43. The summed E-state index contributed by atoms with van der Waals surface area (Å²) in [4.78, 5) is 29.0. The molecule has 1 unspecified atom stereocenters. The van der Waals surface area contributed by atoms with Crippen molar-refractivity contribution in [1.82, 2.24) is 0 Å². The molecule has 70 valence electrons. The molecule has 1 atom stereocenters. The molecule has 1 aliphatic heterocycles. The van der Waals surface area contributed by atoms with Crippen molar-refractivity contribution in [3.63, 3.8) is 0 Å². The fraction of sp³-hybridized carbons (Fsp3) is 0.111. The minimum Gasteiger partial charge on any atom is -0.475 e. The van der Waals surface area contributed by atoms with Gasteiger partial charge in [0.15, 0.2) is 0 Å². The summed E-state index contributed by atoms with van der Waals surface area (Å²) in [6.45, 7) is 0. The Morgan fingerprint density at radius 1 is 1.36 bits per heavy atom. The number of hydrogen-bond donors (Lipinski definition) is 1. The van der Waals surface area contributed by atoms with Gasteiger partial charge in [0.05, 0.1) is 5.71 Å². The second kappa shape index (κ2) is 3.02. The van der Waals surface area contributed by atoms with Crippen LogP contribution >= 0.6 is 0 Å². The van der Waals surface area contributed by atoms with Gasteiger partial charge >= 0.3 is 5.97 Å². The molecule has 1 aliphatic carbocycles. The van der Waals surface area contributed by atoms with E-state index < -0.39 is 23.6 Å². The molecule has 0 radical (unpaired) electrons. The van der Waals surface area contributed by atoms with Crippen molar-refractivity contribution in [1.29, 1.82) is 0 Å². The van der Waals surface area contributed by atoms with E-state index in [1.807, 2.05) is 0 Å². The number of fused-ring (bicyclic) bond motifs is 1. The number of carbonyl (C=O) groups excluding carboxylic acids is 1. The lowest BCUT2D eigenvalue weighted by atomic mass is 9.97. The number of nitrogens with zero attached hydrogens (tertiary/aromatic N) is 2. The maximum atomic E-state index is 11.3. The minimum absolute atomic E-state index is 0.435. The summed E-state index contributed by atoms with van der Waals surface area (Å²) in [5.41, 5.74) is 0.435. The van der Waals surface area contributed by atoms with Crippen molar-refractivity contribution >= 4 is 23.4 Å². The van der Waals surface area contributed by atoms with Crippen molar-refractivity contribution in [2.24, 2.45) is 15.9 Å². The fourth-order valence-electron chi connectivity index (χ4n) is 1.26. The van der Waals surface area contributed by atoms with E-state index in [9.17, 15) is 9.59 Å². The van der Waals surface area contributed by atoms with Crippen LogP contribution in [-0.4, -0.2) is 28.5 Å². The molecule has 0 saturated carbocycles. The predicted molar refractivity (Wildman–Crippen MR) is 49.3 cm³/mol. The summed E-state index contributed by atoms with van der Waals surface area (Å²) in [7, 11) is 0. The van der Waals surface area contributed by atoms with Crippen LogP contribution in [0.4, 0.5) is 0 Å². The van der Waals surface area contributed by atoms with Crippen molar-refractivity contribution in [2.75, 3.05) is 0 Å². The molecule has 1 heterocycles. The Kier molecular flexibility index (Phi) is 1.85. The molecule has 14 heavy (non-hydrogen) atoms. The molecular formula is C9H6N2O3. The van der Waals surface area contributed by atoms with Crippen molar-refractivity contribution in [3.05, 3.63) is 24.3 Å². The monoisotopic (exact) mass is 190 g/mol. The van der Waals surface area contributed by atoms with Gasteiger partial charge in [-0.05, 0) is 6.08 Å². The first-order valence-corrected chi connectivity index (χ1v) is 3.98. The van der Waals surface area contributed by atoms with Crippen LogP contribution in [-0.2, 0) is 9.59 Å². The van der Waals surface area contributed by atoms with Crippen molar-refractivity contribution < 1.29 is 14.7 Å². The third-order valence-electron chi connectivity index (χ3n) is 1.91. The molecule has 0 fully saturated rings. The maximum Gasteiger partial charge on any atom is 0.374 e. The summed E-state index contributed by atoms with van der Waals surface area (Å²) in [6.07, 6.45) is 6.67. The molecule has 5 nitrogen and oxygen atoms in total. The van der Waals surface area contributed by atoms with E-state index in [0.29, 0.717) is 5.71 Å². The van der Waals surface area contributed by atoms with Crippen LogP contribution in [0.3, 0.4) is 0 Å². The van der Waals surface area contributed by atoms with Gasteiger partial charge in [-0.15, -0.1) is 0 Å². The first-order chi connectivity index (χ1) is 6.68. The Hall–Kier alpha value is -2.04. The molecule has 0 aromatic heterocycles. The van der Waals surface area contributed by atoms with Crippen LogP contribution < -0.4 is 0 Å². The lowest BCUT2D eigenvalue weighted by molar-refractivity contribution is -0.130. The number of amidine groups is 1. The lowest BCUT2D eigenvalue weighted by Gasteiger charge is -2.15. The van der Waals surface area contributed by atoms with Crippen LogP contribution in [0.1, 0.15) is 0 Å². The Bertz CT molecular complexity index is 429. The number of hydrogen-bond acceptors (Lipinski definition) is 3. The number of rotatable bonds is 1. The molecule has 0 aromatic carbocycles. The molecule has 2 aliphatic rings. The average molecular weight is 190 g/mol. The highest BCUT2D eigenvalue weighted by Crippen LogP contribution is 2.15. The Morgan fingerprint density at radius 3 is 2.86 bits per heavy atom. The van der Waals surface area contributed by atoms with Gasteiger partial charge in [0.2, 0.25) is 5.84 Å². The number of amides is 1. The van der Waals surface area contributed by atoms with Gasteiger partial charge in [-0.25, -0.2) is 9.79 Å². The third-order valence-corrected chi connectivity index (χ3v) is 1.91. The molecular weight excluding hydrogens is 184 g/mol. The van der Waals surface area contributed by atoms with Crippen LogP contribution in [0.2, 0.25) is 0 Å². The zero-order valence-corrected chi connectivity index (χ0v) is 7.04. The van der Waals surface area contributed by atoms with E-state index in [1.165, 1.54) is 0 Å². The first kappa shape index (κ1) is 8.55. The van der Waals surface area contributed by atoms with Crippen LogP contribution in [0, 0.1) is 5.92 Å². The summed E-state index contributed by atoms with van der Waals surface area (Å²) >= 11 is 0. The highest BCUT2D eigenvalue weighted by atomic mass is 16.4. The van der Waals surface area contributed by atoms with Gasteiger partial charge in [-0.3, -0.25) is 4.79 Å². The second-order valence-electron chi connectivity index (χ2n) is 2.84.